The summed E-state index contributed by atoms with van der Waals surface area (Å²) in [5, 5.41) is 8.42. The number of nitrogens with zero attached hydrogens (tertiary/aromatic N) is 5. The molecule has 0 radical (unpaired) electrons. The van der Waals surface area contributed by atoms with Crippen molar-refractivity contribution >= 4 is 35.4 Å². The summed E-state index contributed by atoms with van der Waals surface area (Å²) in [6.07, 6.45) is -0.339. The van der Waals surface area contributed by atoms with Crippen LogP contribution in [0.2, 0.25) is 0 Å². The van der Waals surface area contributed by atoms with Crippen LogP contribution in [0.3, 0.4) is 0 Å². The molecule has 47 heavy (non-hydrogen) atoms. The number of hydrogen-bond acceptors (Lipinski definition) is 11. The summed E-state index contributed by atoms with van der Waals surface area (Å²) in [6, 6.07) is 4.10. The lowest BCUT2D eigenvalue weighted by atomic mass is 10.0. The van der Waals surface area contributed by atoms with Gasteiger partial charge in [0.1, 0.15) is 18.2 Å². The SMILES string of the molecule is CC(C)(C)OC(=O)N(CCOCCOCCOCCOCCN=[N+]=[N-])CC(=O)Nc1cccc2c1CN(C1CCC(=O)NC1=O)C2=O. The zero-order chi connectivity index (χ0) is 34.2. The summed E-state index contributed by atoms with van der Waals surface area (Å²) >= 11 is 0. The first-order valence-electron chi connectivity index (χ1n) is 15.4. The highest BCUT2D eigenvalue weighted by atomic mass is 16.6. The Labute approximate surface area is 272 Å². The predicted molar refractivity (Wildman–Crippen MR) is 166 cm³/mol. The van der Waals surface area contributed by atoms with E-state index in [9.17, 15) is 24.0 Å². The van der Waals surface area contributed by atoms with Gasteiger partial charge in [0, 0.05) is 47.8 Å². The van der Waals surface area contributed by atoms with Crippen molar-refractivity contribution in [3.63, 3.8) is 0 Å². The van der Waals surface area contributed by atoms with Gasteiger partial charge in [0.25, 0.3) is 5.91 Å². The van der Waals surface area contributed by atoms with Crippen molar-refractivity contribution in [2.24, 2.45) is 5.11 Å². The van der Waals surface area contributed by atoms with Crippen molar-refractivity contribution in [1.29, 1.82) is 0 Å². The maximum Gasteiger partial charge on any atom is 0.410 e. The minimum atomic E-state index is -0.791. The molecule has 0 aromatic heterocycles. The minimum Gasteiger partial charge on any atom is -0.444 e. The number of piperidine rings is 1. The molecule has 3 rings (SSSR count). The van der Waals surface area contributed by atoms with Crippen LogP contribution in [-0.4, -0.2) is 124 Å². The summed E-state index contributed by atoms with van der Waals surface area (Å²) < 4.78 is 27.2. The van der Waals surface area contributed by atoms with Gasteiger partial charge in [-0.2, -0.15) is 0 Å². The maximum atomic E-state index is 13.1. The number of rotatable bonds is 19. The van der Waals surface area contributed by atoms with E-state index in [4.69, 9.17) is 29.2 Å². The number of nitrogens with one attached hydrogen (secondary N) is 2. The Morgan fingerprint density at radius 2 is 1.66 bits per heavy atom. The van der Waals surface area contributed by atoms with Crippen molar-refractivity contribution < 1.29 is 47.7 Å². The topological polar surface area (TPSA) is 211 Å². The third kappa shape index (κ3) is 12.4. The summed E-state index contributed by atoms with van der Waals surface area (Å²) in [6.45, 7) is 7.75. The maximum absolute atomic E-state index is 13.1. The number of ether oxygens (including phenoxy) is 5. The smallest absolute Gasteiger partial charge is 0.410 e. The number of carbonyl (C=O) groups excluding carboxylic acids is 5. The first-order valence-corrected chi connectivity index (χ1v) is 15.4. The number of amides is 5. The Morgan fingerprint density at radius 3 is 2.28 bits per heavy atom. The lowest BCUT2D eigenvalue weighted by Crippen LogP contribution is -2.52. The molecule has 2 aliphatic heterocycles. The fourth-order valence-electron chi connectivity index (χ4n) is 4.71. The van der Waals surface area contributed by atoms with Crippen molar-refractivity contribution in [3.8, 4) is 0 Å². The van der Waals surface area contributed by atoms with Gasteiger partial charge >= 0.3 is 6.09 Å². The van der Waals surface area contributed by atoms with Crippen LogP contribution in [0.4, 0.5) is 10.5 Å². The lowest BCUT2D eigenvalue weighted by Gasteiger charge is -2.29. The molecular weight excluding hydrogens is 618 g/mol. The quantitative estimate of drug-likeness (QED) is 0.0724. The third-order valence-electron chi connectivity index (χ3n) is 6.86. The molecule has 2 N–H and O–H groups in total. The third-order valence-corrected chi connectivity index (χ3v) is 6.86. The molecule has 5 amide bonds. The van der Waals surface area contributed by atoms with Crippen molar-refractivity contribution in [2.45, 2.75) is 51.8 Å². The van der Waals surface area contributed by atoms with Crippen LogP contribution >= 0.6 is 0 Å². The molecular formula is C30H43N7O10. The molecule has 258 valence electrons. The van der Waals surface area contributed by atoms with Crippen LogP contribution in [0.25, 0.3) is 10.4 Å². The fourth-order valence-corrected chi connectivity index (χ4v) is 4.71. The van der Waals surface area contributed by atoms with Gasteiger partial charge in [-0.05, 0) is 44.9 Å². The van der Waals surface area contributed by atoms with Crippen LogP contribution in [0.15, 0.2) is 23.3 Å². The molecule has 1 atom stereocenters. The Hall–Kier alpha value is -4.28. The van der Waals surface area contributed by atoms with Gasteiger partial charge in [0.15, 0.2) is 0 Å². The molecule has 1 aromatic rings. The van der Waals surface area contributed by atoms with Gasteiger partial charge in [0.05, 0.1) is 52.9 Å². The minimum absolute atomic E-state index is 0.0692. The van der Waals surface area contributed by atoms with E-state index in [1.807, 2.05) is 0 Å². The standard InChI is InChI=1S/C30H43N7O10/c1-30(2,3)47-29(42)36(10-12-44-14-16-46-18-17-45-15-13-43-11-9-32-35-31)20-26(39)33-23-6-4-5-21-22(23)19-37(28(21)41)24-7-8-25(38)34-27(24)40/h4-6,24H,7-20H2,1-3H3,(H,33,39)(H,34,38,40). The Balaban J connectivity index is 1.44. The highest BCUT2D eigenvalue weighted by Crippen LogP contribution is 2.32. The van der Waals surface area contributed by atoms with Gasteiger partial charge in [0.2, 0.25) is 17.7 Å². The van der Waals surface area contributed by atoms with Crippen LogP contribution in [-0.2, 0) is 44.6 Å². The summed E-state index contributed by atoms with van der Waals surface area (Å²) in [5.74, 6) is -1.78. The average Bonchev–Trinajstić information content (AvgIpc) is 3.34. The van der Waals surface area contributed by atoms with Gasteiger partial charge in [-0.3, -0.25) is 29.4 Å². The van der Waals surface area contributed by atoms with E-state index in [0.717, 1.165) is 0 Å². The number of fused-ring (bicyclic) bond motifs is 1. The van der Waals surface area contributed by atoms with E-state index in [-0.39, 0.29) is 64.0 Å². The van der Waals surface area contributed by atoms with Crippen LogP contribution in [0.1, 0.15) is 49.5 Å². The highest BCUT2D eigenvalue weighted by Gasteiger charge is 2.40. The van der Waals surface area contributed by atoms with Gasteiger partial charge in [-0.15, -0.1) is 0 Å². The molecule has 2 aliphatic rings. The lowest BCUT2D eigenvalue weighted by molar-refractivity contribution is -0.137. The van der Waals surface area contributed by atoms with Crippen LogP contribution in [0, 0.1) is 0 Å². The summed E-state index contributed by atoms with van der Waals surface area (Å²) in [7, 11) is 0. The van der Waals surface area contributed by atoms with E-state index >= 15 is 0 Å². The number of imide groups is 1. The second kappa shape index (κ2) is 18.8. The first kappa shape index (κ1) is 37.2. The second-order valence-electron chi connectivity index (χ2n) is 11.6. The predicted octanol–water partition coefficient (Wildman–Crippen LogP) is 2.00. The molecule has 0 bridgehead atoms. The van der Waals surface area contributed by atoms with Crippen LogP contribution in [0.5, 0.6) is 0 Å². The molecule has 0 saturated carbocycles. The van der Waals surface area contributed by atoms with Gasteiger partial charge < -0.3 is 33.9 Å². The number of carbonyl (C=O) groups is 5. The zero-order valence-corrected chi connectivity index (χ0v) is 27.0. The average molecular weight is 662 g/mol. The van der Waals surface area contributed by atoms with E-state index in [1.54, 1.807) is 39.0 Å². The van der Waals surface area contributed by atoms with E-state index in [1.165, 1.54) is 9.80 Å². The molecule has 0 spiro atoms. The Kier molecular flexibility index (Phi) is 14.8. The Morgan fingerprint density at radius 1 is 1.02 bits per heavy atom. The van der Waals surface area contributed by atoms with Crippen molar-refractivity contribution in [2.75, 3.05) is 77.8 Å². The molecule has 1 fully saturated rings. The molecule has 2 heterocycles. The molecule has 0 aliphatic carbocycles. The fraction of sp³-hybridized carbons (Fsp3) is 0.633. The highest BCUT2D eigenvalue weighted by molar-refractivity contribution is 6.07. The monoisotopic (exact) mass is 661 g/mol. The van der Waals surface area contributed by atoms with E-state index in [2.05, 4.69) is 20.7 Å². The number of benzene rings is 1. The number of hydrogen-bond donors (Lipinski definition) is 2. The van der Waals surface area contributed by atoms with Gasteiger partial charge in [-0.25, -0.2) is 4.79 Å². The van der Waals surface area contributed by atoms with E-state index < -0.39 is 29.6 Å². The van der Waals surface area contributed by atoms with Crippen molar-refractivity contribution in [3.05, 3.63) is 39.8 Å². The first-order chi connectivity index (χ1) is 22.5. The molecule has 1 saturated heterocycles. The summed E-state index contributed by atoms with van der Waals surface area (Å²) in [4.78, 5) is 68.4. The molecule has 17 heteroatoms. The molecule has 1 unspecified atom stereocenters. The zero-order valence-electron chi connectivity index (χ0n) is 27.0. The van der Waals surface area contributed by atoms with Gasteiger partial charge in [-0.1, -0.05) is 11.2 Å². The van der Waals surface area contributed by atoms with Crippen LogP contribution < -0.4 is 10.6 Å². The number of anilines is 1. The van der Waals surface area contributed by atoms with E-state index in [0.29, 0.717) is 56.5 Å². The number of azide groups is 1. The second-order valence-corrected chi connectivity index (χ2v) is 11.6. The molecule has 1 aromatic carbocycles. The van der Waals surface area contributed by atoms with Crippen molar-refractivity contribution in [1.82, 2.24) is 15.1 Å². The normalized spacial score (nSPS) is 15.9. The Bertz CT molecular complexity index is 1310. The largest absolute Gasteiger partial charge is 0.444 e. The summed E-state index contributed by atoms with van der Waals surface area (Å²) in [5.41, 5.74) is 8.68. The molecule has 17 nitrogen and oxygen atoms in total.